The molecule has 2 nitrogen and oxygen atoms in total. The minimum Gasteiger partial charge on any atom is -0.319 e. The van der Waals surface area contributed by atoms with Gasteiger partial charge in [0, 0.05) is 12.1 Å². The van der Waals surface area contributed by atoms with Gasteiger partial charge in [-0.15, -0.1) is 0 Å². The Balaban J connectivity index is 2.40. The number of hydrogen-bond acceptors (Lipinski definition) is 2. The van der Waals surface area contributed by atoms with E-state index in [9.17, 15) is 0 Å². The van der Waals surface area contributed by atoms with Crippen molar-refractivity contribution in [3.05, 3.63) is 34.9 Å². The van der Waals surface area contributed by atoms with Crippen LogP contribution in [-0.2, 0) is 0 Å². The summed E-state index contributed by atoms with van der Waals surface area (Å²) in [7, 11) is 2.08. The number of aryl methyl sites for hydroxylation is 1. The molecule has 2 rings (SSSR count). The van der Waals surface area contributed by atoms with Crippen molar-refractivity contribution in [2.24, 2.45) is 5.92 Å². The van der Waals surface area contributed by atoms with Crippen molar-refractivity contribution in [3.63, 3.8) is 0 Å². The van der Waals surface area contributed by atoms with E-state index < -0.39 is 0 Å². The van der Waals surface area contributed by atoms with E-state index >= 15 is 0 Å². The van der Waals surface area contributed by atoms with Crippen molar-refractivity contribution in [3.8, 4) is 0 Å². The van der Waals surface area contributed by atoms with Gasteiger partial charge in [0.1, 0.15) is 0 Å². The quantitative estimate of drug-likeness (QED) is 0.901. The molecule has 0 radical (unpaired) electrons. The van der Waals surface area contributed by atoms with Crippen molar-refractivity contribution < 1.29 is 0 Å². The van der Waals surface area contributed by atoms with Crippen LogP contribution in [0.5, 0.6) is 0 Å². The predicted octanol–water partition coefficient (Wildman–Crippen LogP) is 3.68. The normalized spacial score (nSPS) is 24.3. The molecule has 0 saturated carbocycles. The molecule has 2 heteroatoms. The standard InChI is InChI=1S/C18H30N2/c1-13(2)20-11-7-9-16(12-19-5)18(20)17-10-6-8-14(3)15(17)4/h6,8,10,13,16,18-19H,7,9,11-12H2,1-5H3. The second kappa shape index (κ2) is 6.73. The summed E-state index contributed by atoms with van der Waals surface area (Å²) in [5.74, 6) is 0.719. The van der Waals surface area contributed by atoms with Crippen molar-refractivity contribution >= 4 is 0 Å². The van der Waals surface area contributed by atoms with E-state index in [1.54, 1.807) is 5.56 Å². The third-order valence-corrected chi connectivity index (χ3v) is 4.89. The van der Waals surface area contributed by atoms with Crippen LogP contribution in [0.15, 0.2) is 18.2 Å². The van der Waals surface area contributed by atoms with E-state index in [1.807, 2.05) is 0 Å². The molecule has 20 heavy (non-hydrogen) atoms. The Morgan fingerprint density at radius 3 is 2.70 bits per heavy atom. The summed E-state index contributed by atoms with van der Waals surface area (Å²) < 4.78 is 0. The van der Waals surface area contributed by atoms with E-state index in [1.165, 1.54) is 30.5 Å². The van der Waals surface area contributed by atoms with Gasteiger partial charge in [-0.05, 0) is 83.3 Å². The molecule has 1 aromatic carbocycles. The average molecular weight is 274 g/mol. The Morgan fingerprint density at radius 1 is 1.30 bits per heavy atom. The van der Waals surface area contributed by atoms with E-state index in [-0.39, 0.29) is 0 Å². The molecule has 1 saturated heterocycles. The number of rotatable bonds is 4. The summed E-state index contributed by atoms with van der Waals surface area (Å²) in [5.41, 5.74) is 4.43. The zero-order chi connectivity index (χ0) is 14.7. The largest absolute Gasteiger partial charge is 0.319 e. The van der Waals surface area contributed by atoms with Crippen LogP contribution in [0, 0.1) is 19.8 Å². The van der Waals surface area contributed by atoms with Gasteiger partial charge < -0.3 is 5.32 Å². The van der Waals surface area contributed by atoms with Gasteiger partial charge in [0.05, 0.1) is 0 Å². The van der Waals surface area contributed by atoms with E-state index in [4.69, 9.17) is 0 Å². The van der Waals surface area contributed by atoms with Crippen LogP contribution < -0.4 is 5.32 Å². The highest BCUT2D eigenvalue weighted by atomic mass is 15.2. The number of benzene rings is 1. The van der Waals surface area contributed by atoms with Gasteiger partial charge in [0.15, 0.2) is 0 Å². The molecule has 1 fully saturated rings. The second-order valence-corrected chi connectivity index (χ2v) is 6.53. The van der Waals surface area contributed by atoms with Gasteiger partial charge in [-0.3, -0.25) is 4.90 Å². The summed E-state index contributed by atoms with van der Waals surface area (Å²) in [6, 6.07) is 7.97. The molecule has 1 aliphatic heterocycles. The number of nitrogens with one attached hydrogen (secondary N) is 1. The molecular weight excluding hydrogens is 244 g/mol. The number of nitrogens with zero attached hydrogens (tertiary/aromatic N) is 1. The predicted molar refractivity (Wildman–Crippen MR) is 87.1 cm³/mol. The minimum atomic E-state index is 0.566. The highest BCUT2D eigenvalue weighted by Crippen LogP contribution is 2.38. The zero-order valence-corrected chi connectivity index (χ0v) is 13.7. The SMILES string of the molecule is CNCC1CCCN(C(C)C)C1c1cccc(C)c1C. The first-order chi connectivity index (χ1) is 9.56. The van der Waals surface area contributed by atoms with E-state index in [0.717, 1.165) is 12.5 Å². The van der Waals surface area contributed by atoms with Gasteiger partial charge >= 0.3 is 0 Å². The summed E-state index contributed by atoms with van der Waals surface area (Å²) in [6.07, 6.45) is 2.66. The number of likely N-dealkylation sites (tertiary alicyclic amines) is 1. The third-order valence-electron chi connectivity index (χ3n) is 4.89. The molecule has 1 N–H and O–H groups in total. The van der Waals surface area contributed by atoms with Gasteiger partial charge in [0.2, 0.25) is 0 Å². The molecule has 1 heterocycles. The summed E-state index contributed by atoms with van der Waals surface area (Å²) in [6.45, 7) is 11.5. The molecule has 0 aromatic heterocycles. The monoisotopic (exact) mass is 274 g/mol. The summed E-state index contributed by atoms with van der Waals surface area (Å²) in [4.78, 5) is 2.70. The molecule has 1 aromatic rings. The van der Waals surface area contributed by atoms with Crippen molar-refractivity contribution in [2.45, 2.75) is 52.6 Å². The van der Waals surface area contributed by atoms with Crippen LogP contribution in [0.4, 0.5) is 0 Å². The van der Waals surface area contributed by atoms with Crippen LogP contribution in [-0.4, -0.2) is 31.1 Å². The van der Waals surface area contributed by atoms with Gasteiger partial charge in [-0.25, -0.2) is 0 Å². The Bertz CT molecular complexity index is 437. The first-order valence-electron chi connectivity index (χ1n) is 8.02. The Morgan fingerprint density at radius 2 is 2.05 bits per heavy atom. The maximum absolute atomic E-state index is 3.40. The maximum atomic E-state index is 3.40. The van der Waals surface area contributed by atoms with Crippen molar-refractivity contribution in [1.29, 1.82) is 0 Å². The van der Waals surface area contributed by atoms with Crippen LogP contribution in [0.1, 0.15) is 49.4 Å². The molecule has 2 atom stereocenters. The molecule has 112 valence electrons. The molecule has 0 spiro atoms. The number of hydrogen-bond donors (Lipinski definition) is 1. The highest BCUT2D eigenvalue weighted by molar-refractivity contribution is 5.36. The second-order valence-electron chi connectivity index (χ2n) is 6.53. The minimum absolute atomic E-state index is 0.566. The summed E-state index contributed by atoms with van der Waals surface area (Å²) in [5, 5.41) is 3.40. The fourth-order valence-electron chi connectivity index (χ4n) is 3.69. The van der Waals surface area contributed by atoms with Crippen LogP contribution >= 0.6 is 0 Å². The lowest BCUT2D eigenvalue weighted by molar-refractivity contribution is 0.0632. The first kappa shape index (κ1) is 15.5. The molecule has 0 aliphatic carbocycles. The lowest BCUT2D eigenvalue weighted by Crippen LogP contribution is -2.45. The summed E-state index contributed by atoms with van der Waals surface area (Å²) >= 11 is 0. The number of piperidine rings is 1. The Labute approximate surface area is 124 Å². The third kappa shape index (κ3) is 3.07. The van der Waals surface area contributed by atoms with Gasteiger partial charge in [-0.1, -0.05) is 18.2 Å². The Kier molecular flexibility index (Phi) is 5.22. The zero-order valence-electron chi connectivity index (χ0n) is 13.7. The Hall–Kier alpha value is -0.860. The topological polar surface area (TPSA) is 15.3 Å². The van der Waals surface area contributed by atoms with Crippen molar-refractivity contribution in [1.82, 2.24) is 10.2 Å². The van der Waals surface area contributed by atoms with E-state index in [0.29, 0.717) is 12.1 Å². The highest BCUT2D eigenvalue weighted by Gasteiger charge is 2.34. The first-order valence-corrected chi connectivity index (χ1v) is 8.02. The molecule has 0 amide bonds. The van der Waals surface area contributed by atoms with Gasteiger partial charge in [-0.2, -0.15) is 0 Å². The molecule has 2 unspecified atom stereocenters. The molecular formula is C18H30N2. The lowest BCUT2D eigenvalue weighted by Gasteiger charge is -2.44. The molecule has 0 bridgehead atoms. The van der Waals surface area contributed by atoms with E-state index in [2.05, 4.69) is 63.2 Å². The smallest absolute Gasteiger partial charge is 0.0393 e. The van der Waals surface area contributed by atoms with Gasteiger partial charge in [0.25, 0.3) is 0 Å². The fourth-order valence-corrected chi connectivity index (χ4v) is 3.69. The van der Waals surface area contributed by atoms with Crippen molar-refractivity contribution in [2.75, 3.05) is 20.1 Å². The molecule has 1 aliphatic rings. The maximum Gasteiger partial charge on any atom is 0.0393 e. The van der Waals surface area contributed by atoms with Crippen LogP contribution in [0.3, 0.4) is 0 Å². The van der Waals surface area contributed by atoms with Crippen LogP contribution in [0.25, 0.3) is 0 Å². The fraction of sp³-hybridized carbons (Fsp3) is 0.667. The van der Waals surface area contributed by atoms with Crippen LogP contribution in [0.2, 0.25) is 0 Å². The average Bonchev–Trinajstić information content (AvgIpc) is 2.42. The lowest BCUT2D eigenvalue weighted by atomic mass is 9.81.